The average molecular weight is 365 g/mol. The molecule has 0 bridgehead atoms. The highest BCUT2D eigenvalue weighted by atomic mass is 35.5. The quantitative estimate of drug-likeness (QED) is 0.557. The number of hydrogen-bond acceptors (Lipinski definition) is 1. The van der Waals surface area contributed by atoms with Crippen LogP contribution in [-0.2, 0) is 11.3 Å². The number of benzene rings is 1. The van der Waals surface area contributed by atoms with Crippen LogP contribution >= 0.6 is 11.6 Å². The van der Waals surface area contributed by atoms with Crippen molar-refractivity contribution >= 4 is 11.6 Å². The number of hydrogen-bond donors (Lipinski definition) is 0. The Hall–Kier alpha value is -0.860. The molecule has 2 saturated carbocycles. The van der Waals surface area contributed by atoms with E-state index in [1.165, 1.54) is 56.9 Å². The normalized spacial score (nSPS) is 30.7. The van der Waals surface area contributed by atoms with Gasteiger partial charge in [-0.1, -0.05) is 29.8 Å². The molecule has 0 atom stereocenters. The third kappa shape index (κ3) is 4.86. The summed E-state index contributed by atoms with van der Waals surface area (Å²) in [6, 6.07) is 5.74. The zero-order chi connectivity index (χ0) is 17.6. The summed E-state index contributed by atoms with van der Waals surface area (Å²) in [5.74, 6) is 2.86. The molecule has 1 aromatic carbocycles. The van der Waals surface area contributed by atoms with Crippen molar-refractivity contribution in [1.82, 2.24) is 0 Å². The highest BCUT2D eigenvalue weighted by Crippen LogP contribution is 2.44. The predicted octanol–water partition coefficient (Wildman–Crippen LogP) is 6.80. The van der Waals surface area contributed by atoms with Crippen molar-refractivity contribution in [3.05, 3.63) is 46.8 Å². The minimum absolute atomic E-state index is 0.118. The van der Waals surface area contributed by atoms with E-state index in [2.05, 4.69) is 12.1 Å². The second kappa shape index (κ2) is 9.19. The van der Waals surface area contributed by atoms with Gasteiger partial charge in [0.05, 0.1) is 6.61 Å². The van der Waals surface area contributed by atoms with Crippen LogP contribution in [0.25, 0.3) is 0 Å². The lowest BCUT2D eigenvalue weighted by atomic mass is 9.68. The topological polar surface area (TPSA) is 9.23 Å². The predicted molar refractivity (Wildman–Crippen MR) is 102 cm³/mol. The van der Waals surface area contributed by atoms with Gasteiger partial charge >= 0.3 is 0 Å². The number of rotatable bonds is 5. The van der Waals surface area contributed by atoms with Crippen LogP contribution in [0.4, 0.5) is 4.39 Å². The third-order valence-electron chi connectivity index (χ3n) is 6.45. The van der Waals surface area contributed by atoms with Crippen LogP contribution in [0.1, 0.15) is 68.4 Å². The number of methoxy groups -OCH3 is 1. The zero-order valence-electron chi connectivity index (χ0n) is 15.2. The first-order valence-corrected chi connectivity index (χ1v) is 10.2. The van der Waals surface area contributed by atoms with Crippen molar-refractivity contribution in [3.63, 3.8) is 0 Å². The van der Waals surface area contributed by atoms with Crippen molar-refractivity contribution in [3.8, 4) is 0 Å². The first kappa shape index (κ1) is 18.9. The zero-order valence-corrected chi connectivity index (χ0v) is 16.0. The molecule has 3 rings (SSSR count). The lowest BCUT2D eigenvalue weighted by molar-refractivity contribution is 0.171. The standard InChI is InChI=1S/C22H30ClFO/c1-25-15-21-11-10-20(14-22(21)24)19-8-6-18(7-9-19)17-4-2-16(3-5-17)12-13-23/h10-14,16-19H,2-9,15H2,1H3. The van der Waals surface area contributed by atoms with Crippen molar-refractivity contribution in [2.45, 2.75) is 63.9 Å². The van der Waals surface area contributed by atoms with E-state index in [9.17, 15) is 4.39 Å². The maximum Gasteiger partial charge on any atom is 0.129 e. The van der Waals surface area contributed by atoms with Crippen molar-refractivity contribution < 1.29 is 9.13 Å². The Kier molecular flexibility index (Phi) is 6.95. The van der Waals surface area contributed by atoms with Crippen molar-refractivity contribution in [2.24, 2.45) is 17.8 Å². The molecular weight excluding hydrogens is 335 g/mol. The molecule has 0 radical (unpaired) electrons. The molecule has 0 amide bonds. The monoisotopic (exact) mass is 364 g/mol. The molecule has 2 aliphatic carbocycles. The fourth-order valence-corrected chi connectivity index (χ4v) is 5.13. The largest absolute Gasteiger partial charge is 0.380 e. The molecule has 0 spiro atoms. The molecule has 0 saturated heterocycles. The summed E-state index contributed by atoms with van der Waals surface area (Å²) in [6.45, 7) is 0.348. The van der Waals surface area contributed by atoms with Crippen molar-refractivity contribution in [1.29, 1.82) is 0 Å². The van der Waals surface area contributed by atoms with Crippen LogP contribution in [0, 0.1) is 23.6 Å². The van der Waals surface area contributed by atoms with E-state index in [4.69, 9.17) is 16.3 Å². The van der Waals surface area contributed by atoms with Gasteiger partial charge in [-0.3, -0.25) is 0 Å². The van der Waals surface area contributed by atoms with Gasteiger partial charge in [0.2, 0.25) is 0 Å². The maximum atomic E-state index is 14.2. The average Bonchev–Trinajstić information content (AvgIpc) is 2.65. The van der Waals surface area contributed by atoms with Gasteiger partial charge in [-0.25, -0.2) is 4.39 Å². The number of allylic oxidation sites excluding steroid dienone is 1. The molecule has 138 valence electrons. The Bertz CT molecular complexity index is 569. The summed E-state index contributed by atoms with van der Waals surface area (Å²) >= 11 is 5.72. The Labute approximate surface area is 156 Å². The van der Waals surface area contributed by atoms with Gasteiger partial charge in [-0.05, 0) is 86.7 Å². The van der Waals surface area contributed by atoms with E-state index in [0.717, 1.165) is 11.8 Å². The Morgan fingerprint density at radius 3 is 2.24 bits per heavy atom. The summed E-state index contributed by atoms with van der Waals surface area (Å²) in [7, 11) is 1.61. The van der Waals surface area contributed by atoms with E-state index < -0.39 is 0 Å². The van der Waals surface area contributed by atoms with E-state index in [1.54, 1.807) is 18.7 Å². The van der Waals surface area contributed by atoms with Gasteiger partial charge in [0.15, 0.2) is 0 Å². The second-order valence-electron chi connectivity index (χ2n) is 7.89. The van der Waals surface area contributed by atoms with E-state index in [0.29, 0.717) is 24.0 Å². The fraction of sp³-hybridized carbons (Fsp3) is 0.636. The molecule has 0 N–H and O–H groups in total. The summed E-state index contributed by atoms with van der Waals surface area (Å²) < 4.78 is 19.2. The molecule has 2 aliphatic rings. The van der Waals surface area contributed by atoms with Crippen molar-refractivity contribution in [2.75, 3.05) is 7.11 Å². The molecule has 25 heavy (non-hydrogen) atoms. The highest BCUT2D eigenvalue weighted by Gasteiger charge is 2.30. The maximum absolute atomic E-state index is 14.2. The molecule has 3 heteroatoms. The molecule has 0 aliphatic heterocycles. The Balaban J connectivity index is 1.51. The van der Waals surface area contributed by atoms with Crippen LogP contribution in [0.3, 0.4) is 0 Å². The molecule has 2 fully saturated rings. The summed E-state index contributed by atoms with van der Waals surface area (Å²) in [4.78, 5) is 0. The summed E-state index contributed by atoms with van der Waals surface area (Å²) in [6.07, 6.45) is 12.4. The second-order valence-corrected chi connectivity index (χ2v) is 8.14. The number of halogens is 2. The third-order valence-corrected chi connectivity index (χ3v) is 6.59. The lowest BCUT2D eigenvalue weighted by Crippen LogP contribution is -2.25. The van der Waals surface area contributed by atoms with E-state index >= 15 is 0 Å². The van der Waals surface area contributed by atoms with E-state index in [1.807, 2.05) is 6.07 Å². The molecule has 1 nitrogen and oxygen atoms in total. The molecule has 1 aromatic rings. The SMILES string of the molecule is COCc1ccc(C2CCC(C3CCC(C=CCl)CC3)CC2)cc1F. The van der Waals surface area contributed by atoms with Gasteiger partial charge < -0.3 is 4.74 Å². The molecule has 0 unspecified atom stereocenters. The van der Waals surface area contributed by atoms with Crippen LogP contribution in [0.5, 0.6) is 0 Å². The molecule has 0 heterocycles. The minimum Gasteiger partial charge on any atom is -0.380 e. The van der Waals surface area contributed by atoms with Crippen LogP contribution in [0.2, 0.25) is 0 Å². The first-order valence-electron chi connectivity index (χ1n) is 9.75. The van der Waals surface area contributed by atoms with Gasteiger partial charge in [0, 0.05) is 18.2 Å². The fourth-order valence-electron chi connectivity index (χ4n) is 4.93. The summed E-state index contributed by atoms with van der Waals surface area (Å²) in [5.41, 5.74) is 3.52. The van der Waals surface area contributed by atoms with Gasteiger partial charge in [-0.15, -0.1) is 0 Å². The molecule has 0 aromatic heterocycles. The lowest BCUT2D eigenvalue weighted by Gasteiger charge is -2.37. The van der Waals surface area contributed by atoms with Crippen LogP contribution in [-0.4, -0.2) is 7.11 Å². The van der Waals surface area contributed by atoms with E-state index in [-0.39, 0.29) is 5.82 Å². The Morgan fingerprint density at radius 1 is 1.04 bits per heavy atom. The molecular formula is C22H30ClFO. The van der Waals surface area contributed by atoms with Crippen LogP contribution < -0.4 is 0 Å². The minimum atomic E-state index is -0.118. The smallest absolute Gasteiger partial charge is 0.129 e. The Morgan fingerprint density at radius 2 is 1.68 bits per heavy atom. The first-order chi connectivity index (χ1) is 12.2. The van der Waals surface area contributed by atoms with Gasteiger partial charge in [0.25, 0.3) is 0 Å². The van der Waals surface area contributed by atoms with Crippen LogP contribution in [0.15, 0.2) is 29.8 Å². The number of ether oxygens (including phenoxy) is 1. The summed E-state index contributed by atoms with van der Waals surface area (Å²) in [5, 5.41) is 0. The highest BCUT2D eigenvalue weighted by molar-refractivity contribution is 6.25. The van der Waals surface area contributed by atoms with Gasteiger partial charge in [-0.2, -0.15) is 0 Å². The van der Waals surface area contributed by atoms with Gasteiger partial charge in [0.1, 0.15) is 5.82 Å².